The second kappa shape index (κ2) is 7.70. The van der Waals surface area contributed by atoms with Gasteiger partial charge in [-0.1, -0.05) is 63.9 Å². The zero-order chi connectivity index (χ0) is 20.7. The van der Waals surface area contributed by atoms with Crippen LogP contribution < -0.4 is 0 Å². The molecule has 0 spiro atoms. The SMILES string of the molecule is O=C(c1ccccc1Cl)N1N=C(c2ccc(Br)cc2)C[C@@H]1c1nc2ccccc2[nH]1. The Morgan fingerprint density at radius 1 is 1.03 bits per heavy atom. The molecular weight excluding hydrogens is 464 g/mol. The third-order valence-corrected chi connectivity index (χ3v) is 5.98. The molecule has 0 bridgehead atoms. The Morgan fingerprint density at radius 3 is 2.53 bits per heavy atom. The fourth-order valence-corrected chi connectivity index (χ4v) is 4.10. The molecule has 7 heteroatoms. The number of amides is 1. The quantitative estimate of drug-likeness (QED) is 0.393. The molecule has 2 heterocycles. The second-order valence-electron chi connectivity index (χ2n) is 7.04. The summed E-state index contributed by atoms with van der Waals surface area (Å²) < 4.78 is 0.989. The molecule has 0 saturated carbocycles. The van der Waals surface area contributed by atoms with Gasteiger partial charge in [-0.15, -0.1) is 0 Å². The summed E-state index contributed by atoms with van der Waals surface area (Å²) in [6.07, 6.45) is 0.553. The van der Waals surface area contributed by atoms with Crippen molar-refractivity contribution in [1.29, 1.82) is 0 Å². The Hall–Kier alpha value is -2.96. The zero-order valence-electron chi connectivity index (χ0n) is 15.7. The van der Waals surface area contributed by atoms with E-state index in [2.05, 4.69) is 20.9 Å². The minimum atomic E-state index is -0.347. The molecule has 0 fully saturated rings. The molecule has 0 unspecified atom stereocenters. The number of nitrogens with zero attached hydrogens (tertiary/aromatic N) is 3. The van der Waals surface area contributed by atoms with Gasteiger partial charge in [-0.2, -0.15) is 5.10 Å². The first kappa shape index (κ1) is 19.0. The Balaban J connectivity index is 1.58. The number of H-pyrrole nitrogens is 1. The third kappa shape index (κ3) is 3.42. The maximum atomic E-state index is 13.4. The highest BCUT2D eigenvalue weighted by molar-refractivity contribution is 9.10. The van der Waals surface area contributed by atoms with Crippen LogP contribution in [0.5, 0.6) is 0 Å². The van der Waals surface area contributed by atoms with Crippen molar-refractivity contribution in [1.82, 2.24) is 15.0 Å². The van der Waals surface area contributed by atoms with Crippen LogP contribution in [0.4, 0.5) is 0 Å². The number of rotatable bonds is 3. The van der Waals surface area contributed by atoms with E-state index < -0.39 is 0 Å². The summed E-state index contributed by atoms with van der Waals surface area (Å²) in [5.74, 6) is 0.450. The van der Waals surface area contributed by atoms with Gasteiger partial charge in [-0.25, -0.2) is 9.99 Å². The number of hydrazone groups is 1. The smallest absolute Gasteiger partial charge is 0.276 e. The van der Waals surface area contributed by atoms with E-state index in [9.17, 15) is 4.79 Å². The van der Waals surface area contributed by atoms with Crippen LogP contribution in [0.1, 0.15) is 34.2 Å². The number of aromatic nitrogens is 2. The van der Waals surface area contributed by atoms with Crippen LogP contribution in [0.3, 0.4) is 0 Å². The molecule has 30 heavy (non-hydrogen) atoms. The zero-order valence-corrected chi connectivity index (χ0v) is 18.1. The summed E-state index contributed by atoms with van der Waals surface area (Å²) in [5.41, 5.74) is 3.99. The van der Waals surface area contributed by atoms with Crippen molar-refractivity contribution in [2.45, 2.75) is 12.5 Å². The fourth-order valence-electron chi connectivity index (χ4n) is 3.62. The third-order valence-electron chi connectivity index (χ3n) is 5.12. The summed E-state index contributed by atoms with van der Waals surface area (Å²) in [4.78, 5) is 21.5. The summed E-state index contributed by atoms with van der Waals surface area (Å²) in [6, 6.07) is 22.4. The van der Waals surface area contributed by atoms with Crippen molar-refractivity contribution in [3.63, 3.8) is 0 Å². The van der Waals surface area contributed by atoms with Gasteiger partial charge in [0.05, 0.1) is 27.3 Å². The molecule has 1 N–H and O–H groups in total. The number of imidazole rings is 1. The van der Waals surface area contributed by atoms with E-state index in [1.54, 1.807) is 24.3 Å². The molecule has 0 saturated heterocycles. The van der Waals surface area contributed by atoms with Gasteiger partial charge >= 0.3 is 0 Å². The Morgan fingerprint density at radius 2 is 1.77 bits per heavy atom. The molecule has 3 aromatic carbocycles. The summed E-state index contributed by atoms with van der Waals surface area (Å²) >= 11 is 9.76. The summed E-state index contributed by atoms with van der Waals surface area (Å²) in [6.45, 7) is 0. The number of carbonyl (C=O) groups excluding carboxylic acids is 1. The van der Waals surface area contributed by atoms with Crippen molar-refractivity contribution in [2.75, 3.05) is 0 Å². The molecule has 4 aromatic rings. The predicted molar refractivity (Wildman–Crippen MR) is 122 cm³/mol. The summed E-state index contributed by atoms with van der Waals surface area (Å²) in [7, 11) is 0. The van der Waals surface area contributed by atoms with Gasteiger partial charge in [-0.3, -0.25) is 4.79 Å². The molecule has 148 valence electrons. The molecule has 0 radical (unpaired) electrons. The first-order chi connectivity index (χ1) is 14.6. The van der Waals surface area contributed by atoms with Crippen molar-refractivity contribution >= 4 is 50.2 Å². The predicted octanol–water partition coefficient (Wildman–Crippen LogP) is 5.97. The molecule has 1 aliphatic rings. The van der Waals surface area contributed by atoms with E-state index >= 15 is 0 Å². The maximum absolute atomic E-state index is 13.4. The minimum Gasteiger partial charge on any atom is -0.340 e. The van der Waals surface area contributed by atoms with Crippen LogP contribution in [0.2, 0.25) is 5.02 Å². The minimum absolute atomic E-state index is 0.252. The number of fused-ring (bicyclic) bond motifs is 1. The number of aromatic amines is 1. The average molecular weight is 480 g/mol. The van der Waals surface area contributed by atoms with Crippen LogP contribution in [-0.2, 0) is 0 Å². The van der Waals surface area contributed by atoms with E-state index in [0.29, 0.717) is 22.8 Å². The summed E-state index contributed by atoms with van der Waals surface area (Å²) in [5, 5.41) is 6.60. The lowest BCUT2D eigenvalue weighted by Crippen LogP contribution is -2.28. The largest absolute Gasteiger partial charge is 0.340 e. The first-order valence-corrected chi connectivity index (χ1v) is 10.6. The van der Waals surface area contributed by atoms with Gasteiger partial charge in [0.25, 0.3) is 5.91 Å². The Bertz CT molecular complexity index is 1250. The average Bonchev–Trinajstić information content (AvgIpc) is 3.38. The van der Waals surface area contributed by atoms with Crippen LogP contribution >= 0.6 is 27.5 Å². The van der Waals surface area contributed by atoms with Crippen molar-refractivity contribution in [2.24, 2.45) is 5.10 Å². The van der Waals surface area contributed by atoms with E-state index in [0.717, 1.165) is 26.8 Å². The molecule has 0 aliphatic carbocycles. The van der Waals surface area contributed by atoms with E-state index in [1.807, 2.05) is 48.5 Å². The van der Waals surface area contributed by atoms with Crippen LogP contribution in [0, 0.1) is 0 Å². The lowest BCUT2D eigenvalue weighted by molar-refractivity contribution is 0.0705. The van der Waals surface area contributed by atoms with Crippen molar-refractivity contribution in [3.05, 3.63) is 99.2 Å². The van der Waals surface area contributed by atoms with Crippen LogP contribution in [0.25, 0.3) is 11.0 Å². The topological polar surface area (TPSA) is 61.4 Å². The monoisotopic (exact) mass is 478 g/mol. The van der Waals surface area contributed by atoms with Crippen LogP contribution in [-0.4, -0.2) is 26.6 Å². The number of hydrogen-bond donors (Lipinski definition) is 1. The normalized spacial score (nSPS) is 16.1. The van der Waals surface area contributed by atoms with Gasteiger partial charge in [0, 0.05) is 10.9 Å². The van der Waals surface area contributed by atoms with E-state index in [4.69, 9.17) is 21.7 Å². The number of benzene rings is 3. The standard InChI is InChI=1S/C23H16BrClN4O/c24-15-11-9-14(10-12-15)20-13-21(22-26-18-7-3-4-8-19(18)27-22)29(28-20)23(30)16-5-1-2-6-17(16)25/h1-12,21H,13H2,(H,26,27)/t21-/m1/s1. The lowest BCUT2D eigenvalue weighted by atomic mass is 10.0. The molecule has 1 atom stereocenters. The van der Waals surface area contributed by atoms with Gasteiger partial charge < -0.3 is 4.98 Å². The Labute approximate surface area is 186 Å². The number of nitrogens with one attached hydrogen (secondary N) is 1. The second-order valence-corrected chi connectivity index (χ2v) is 8.37. The lowest BCUT2D eigenvalue weighted by Gasteiger charge is -2.20. The highest BCUT2D eigenvalue weighted by Crippen LogP contribution is 2.34. The van der Waals surface area contributed by atoms with Crippen LogP contribution in [0.15, 0.2) is 82.4 Å². The molecule has 1 aromatic heterocycles. The highest BCUT2D eigenvalue weighted by Gasteiger charge is 2.36. The van der Waals surface area contributed by atoms with Gasteiger partial charge in [0.15, 0.2) is 0 Å². The number of halogens is 2. The van der Waals surface area contributed by atoms with E-state index in [1.165, 1.54) is 5.01 Å². The number of carbonyl (C=O) groups is 1. The molecule has 5 nitrogen and oxygen atoms in total. The fraction of sp³-hybridized carbons (Fsp3) is 0.0870. The number of hydrogen-bond acceptors (Lipinski definition) is 3. The van der Waals surface area contributed by atoms with Gasteiger partial charge in [0.1, 0.15) is 11.9 Å². The maximum Gasteiger partial charge on any atom is 0.276 e. The molecular formula is C23H16BrClN4O. The van der Waals surface area contributed by atoms with Gasteiger partial charge in [0.2, 0.25) is 0 Å². The van der Waals surface area contributed by atoms with Crippen molar-refractivity contribution in [3.8, 4) is 0 Å². The van der Waals surface area contributed by atoms with E-state index in [-0.39, 0.29) is 11.9 Å². The molecule has 1 amide bonds. The number of para-hydroxylation sites is 2. The van der Waals surface area contributed by atoms with Crippen molar-refractivity contribution < 1.29 is 4.79 Å². The van der Waals surface area contributed by atoms with Gasteiger partial charge in [-0.05, 0) is 42.0 Å². The molecule has 5 rings (SSSR count). The first-order valence-electron chi connectivity index (χ1n) is 9.46. The molecule has 1 aliphatic heterocycles. The highest BCUT2D eigenvalue weighted by atomic mass is 79.9. The Kier molecular flexibility index (Phi) is 4.89.